The number of imidazole rings is 1. The van der Waals surface area contributed by atoms with E-state index in [9.17, 15) is 4.79 Å². The molecule has 1 aromatic carbocycles. The van der Waals surface area contributed by atoms with Crippen LogP contribution in [-0.4, -0.2) is 21.4 Å². The minimum atomic E-state index is -0.403. The number of benzene rings is 1. The van der Waals surface area contributed by atoms with E-state index in [0.29, 0.717) is 0 Å². The van der Waals surface area contributed by atoms with Gasteiger partial charge in [0, 0.05) is 17.4 Å². The largest absolute Gasteiger partial charge is 0.360 e. The molecule has 1 amide bonds. The van der Waals surface area contributed by atoms with E-state index >= 15 is 0 Å². The number of hydrogen-bond acceptors (Lipinski definition) is 4. The number of carbonyl (C=O) groups is 1. The summed E-state index contributed by atoms with van der Waals surface area (Å²) in [6.07, 6.45) is 3.01. The second-order valence-electron chi connectivity index (χ2n) is 5.65. The highest BCUT2D eigenvalue weighted by atomic mass is 16.1. The number of anilines is 1. The van der Waals surface area contributed by atoms with Crippen molar-refractivity contribution in [3.63, 3.8) is 0 Å². The van der Waals surface area contributed by atoms with E-state index in [4.69, 9.17) is 5.26 Å². The molecule has 2 aromatic rings. The highest BCUT2D eigenvalue weighted by Gasteiger charge is 2.17. The van der Waals surface area contributed by atoms with Crippen LogP contribution in [-0.2, 0) is 4.79 Å². The Morgan fingerprint density at radius 3 is 2.86 bits per heavy atom. The standard InChI is InChI=1S/C15H17N5O/c1-15(2,3)20-14(21)10(7-16)8-17-11-4-5-12-13(6-11)19-9-18-12/h4-6,8-9,17H,1-3H3,(H,18,19)(H,20,21)/b10-8-. The number of nitrogens with zero attached hydrogens (tertiary/aromatic N) is 2. The molecular formula is C15H17N5O. The Kier molecular flexibility index (Phi) is 3.94. The number of amides is 1. The van der Waals surface area contributed by atoms with Crippen molar-refractivity contribution in [3.8, 4) is 6.07 Å². The first-order chi connectivity index (χ1) is 9.89. The van der Waals surface area contributed by atoms with Crippen LogP contribution in [0.3, 0.4) is 0 Å². The van der Waals surface area contributed by atoms with Gasteiger partial charge in [0.05, 0.1) is 17.4 Å². The second-order valence-corrected chi connectivity index (χ2v) is 5.65. The van der Waals surface area contributed by atoms with Crippen molar-refractivity contribution in [1.82, 2.24) is 15.3 Å². The first-order valence-corrected chi connectivity index (χ1v) is 6.51. The molecule has 0 aliphatic rings. The van der Waals surface area contributed by atoms with Gasteiger partial charge in [-0.25, -0.2) is 4.98 Å². The third kappa shape index (κ3) is 3.83. The zero-order valence-electron chi connectivity index (χ0n) is 12.2. The molecule has 0 saturated carbocycles. The van der Waals surface area contributed by atoms with Crippen LogP contribution in [0.5, 0.6) is 0 Å². The fourth-order valence-electron chi connectivity index (χ4n) is 1.74. The minimum absolute atomic E-state index is 0.0228. The highest BCUT2D eigenvalue weighted by Crippen LogP contribution is 2.15. The molecule has 0 radical (unpaired) electrons. The number of fused-ring (bicyclic) bond motifs is 1. The molecule has 108 valence electrons. The van der Waals surface area contributed by atoms with Crippen LogP contribution < -0.4 is 10.6 Å². The maximum Gasteiger partial charge on any atom is 0.263 e. The van der Waals surface area contributed by atoms with Crippen molar-refractivity contribution in [1.29, 1.82) is 5.26 Å². The molecule has 2 rings (SSSR count). The zero-order chi connectivity index (χ0) is 15.5. The van der Waals surface area contributed by atoms with Gasteiger partial charge in [-0.15, -0.1) is 0 Å². The molecule has 1 aromatic heterocycles. The summed E-state index contributed by atoms with van der Waals surface area (Å²) in [6.45, 7) is 5.58. The average molecular weight is 283 g/mol. The van der Waals surface area contributed by atoms with Crippen molar-refractivity contribution < 1.29 is 4.79 Å². The Morgan fingerprint density at radius 2 is 2.19 bits per heavy atom. The summed E-state index contributed by atoms with van der Waals surface area (Å²) in [4.78, 5) is 19.0. The number of aromatic nitrogens is 2. The van der Waals surface area contributed by atoms with E-state index in [1.807, 2.05) is 45.0 Å². The quantitative estimate of drug-likeness (QED) is 0.595. The van der Waals surface area contributed by atoms with Crippen LogP contribution >= 0.6 is 0 Å². The van der Waals surface area contributed by atoms with Gasteiger partial charge in [0.2, 0.25) is 0 Å². The first kappa shape index (κ1) is 14.6. The van der Waals surface area contributed by atoms with Gasteiger partial charge in [-0.3, -0.25) is 4.79 Å². The number of hydrogen-bond donors (Lipinski definition) is 3. The van der Waals surface area contributed by atoms with E-state index in [0.717, 1.165) is 16.7 Å². The summed E-state index contributed by atoms with van der Waals surface area (Å²) in [5, 5.41) is 14.8. The summed E-state index contributed by atoms with van der Waals surface area (Å²) in [5.74, 6) is -0.403. The molecule has 0 atom stereocenters. The molecule has 0 spiro atoms. The maximum atomic E-state index is 11.9. The van der Waals surface area contributed by atoms with E-state index in [1.54, 1.807) is 6.33 Å². The molecule has 0 saturated heterocycles. The number of nitrogens with one attached hydrogen (secondary N) is 3. The molecule has 0 aliphatic heterocycles. The Balaban J connectivity index is 2.13. The van der Waals surface area contributed by atoms with Crippen LogP contribution in [0, 0.1) is 11.3 Å². The Labute approximate surface area is 122 Å². The smallest absolute Gasteiger partial charge is 0.263 e. The van der Waals surface area contributed by atoms with Gasteiger partial charge in [-0.2, -0.15) is 5.26 Å². The SMILES string of the molecule is CC(C)(C)NC(=O)/C(C#N)=C\Nc1ccc2nc[nH]c2c1. The Hall–Kier alpha value is -2.81. The lowest BCUT2D eigenvalue weighted by Gasteiger charge is -2.20. The van der Waals surface area contributed by atoms with Gasteiger partial charge in [0.1, 0.15) is 11.6 Å². The molecule has 0 bridgehead atoms. The van der Waals surface area contributed by atoms with Crippen LogP contribution in [0.2, 0.25) is 0 Å². The van der Waals surface area contributed by atoms with Gasteiger partial charge >= 0.3 is 0 Å². The zero-order valence-corrected chi connectivity index (χ0v) is 12.2. The maximum absolute atomic E-state index is 11.9. The molecule has 0 fully saturated rings. The van der Waals surface area contributed by atoms with Crippen LogP contribution in [0.25, 0.3) is 11.0 Å². The molecule has 6 nitrogen and oxygen atoms in total. The van der Waals surface area contributed by atoms with E-state index in [-0.39, 0.29) is 11.1 Å². The van der Waals surface area contributed by atoms with Gasteiger partial charge in [0.25, 0.3) is 5.91 Å². The molecule has 0 unspecified atom stereocenters. The predicted octanol–water partition coefficient (Wildman–Crippen LogP) is 2.30. The number of H-pyrrole nitrogens is 1. The molecule has 6 heteroatoms. The molecule has 0 aliphatic carbocycles. The Morgan fingerprint density at radius 1 is 1.43 bits per heavy atom. The normalized spacial score (nSPS) is 12.0. The van der Waals surface area contributed by atoms with Gasteiger partial charge in [-0.05, 0) is 39.0 Å². The first-order valence-electron chi connectivity index (χ1n) is 6.51. The summed E-state index contributed by atoms with van der Waals surface area (Å²) in [7, 11) is 0. The molecule has 21 heavy (non-hydrogen) atoms. The fraction of sp³-hybridized carbons (Fsp3) is 0.267. The van der Waals surface area contributed by atoms with Gasteiger partial charge in [0.15, 0.2) is 0 Å². The Bertz CT molecular complexity index is 730. The molecule has 3 N–H and O–H groups in total. The number of rotatable bonds is 3. The van der Waals surface area contributed by atoms with Crippen molar-refractivity contribution >= 4 is 22.6 Å². The fourth-order valence-corrected chi connectivity index (χ4v) is 1.74. The summed E-state index contributed by atoms with van der Waals surface area (Å²) >= 11 is 0. The van der Waals surface area contributed by atoms with Crippen molar-refractivity contribution in [2.45, 2.75) is 26.3 Å². The third-order valence-electron chi connectivity index (χ3n) is 2.66. The third-order valence-corrected chi connectivity index (χ3v) is 2.66. The summed E-state index contributed by atoms with van der Waals surface area (Å²) < 4.78 is 0. The van der Waals surface area contributed by atoms with Crippen LogP contribution in [0.15, 0.2) is 36.3 Å². The van der Waals surface area contributed by atoms with E-state index in [2.05, 4.69) is 20.6 Å². The predicted molar refractivity (Wildman–Crippen MR) is 81.3 cm³/mol. The number of nitriles is 1. The lowest BCUT2D eigenvalue weighted by atomic mass is 10.1. The van der Waals surface area contributed by atoms with E-state index < -0.39 is 5.91 Å². The number of aromatic amines is 1. The second kappa shape index (κ2) is 5.67. The lowest BCUT2D eigenvalue weighted by molar-refractivity contribution is -0.118. The highest BCUT2D eigenvalue weighted by molar-refractivity contribution is 5.98. The van der Waals surface area contributed by atoms with Gasteiger partial charge < -0.3 is 15.6 Å². The average Bonchev–Trinajstić information content (AvgIpc) is 2.84. The summed E-state index contributed by atoms with van der Waals surface area (Å²) in [5.41, 5.74) is 2.14. The minimum Gasteiger partial charge on any atom is -0.360 e. The topological polar surface area (TPSA) is 93.6 Å². The number of carbonyl (C=O) groups excluding carboxylic acids is 1. The van der Waals surface area contributed by atoms with Gasteiger partial charge in [-0.1, -0.05) is 0 Å². The monoisotopic (exact) mass is 283 g/mol. The van der Waals surface area contributed by atoms with E-state index in [1.165, 1.54) is 6.20 Å². The lowest BCUT2D eigenvalue weighted by Crippen LogP contribution is -2.41. The van der Waals surface area contributed by atoms with Crippen LogP contribution in [0.1, 0.15) is 20.8 Å². The summed E-state index contributed by atoms with van der Waals surface area (Å²) in [6, 6.07) is 7.43. The molecular weight excluding hydrogens is 266 g/mol. The molecule has 1 heterocycles. The van der Waals surface area contributed by atoms with Crippen molar-refractivity contribution in [3.05, 3.63) is 36.3 Å². The van der Waals surface area contributed by atoms with Crippen molar-refractivity contribution in [2.24, 2.45) is 0 Å². The van der Waals surface area contributed by atoms with Crippen LogP contribution in [0.4, 0.5) is 5.69 Å². The van der Waals surface area contributed by atoms with Crippen molar-refractivity contribution in [2.75, 3.05) is 5.32 Å².